The summed E-state index contributed by atoms with van der Waals surface area (Å²) >= 11 is 0.315. The van der Waals surface area contributed by atoms with E-state index in [-0.39, 0.29) is 0 Å². The first-order chi connectivity index (χ1) is 12.8. The van der Waals surface area contributed by atoms with Gasteiger partial charge in [0.25, 0.3) is 0 Å². The van der Waals surface area contributed by atoms with E-state index in [0.29, 0.717) is 14.5 Å². The third-order valence-corrected chi connectivity index (χ3v) is 5.70. The topological polar surface area (TPSA) is 16.8 Å². The van der Waals surface area contributed by atoms with Gasteiger partial charge in [-0.3, -0.25) is 0 Å². The maximum absolute atomic E-state index is 10.7. The van der Waals surface area contributed by atoms with Gasteiger partial charge in [0.15, 0.2) is 0 Å². The van der Waals surface area contributed by atoms with Gasteiger partial charge in [-0.15, -0.1) is 0 Å². The van der Waals surface area contributed by atoms with Crippen LogP contribution >= 0.6 is 7.81 Å². The Morgan fingerprint density at radius 2 is 1.25 bits per heavy atom. The third kappa shape index (κ3) is 6.75. The molecule has 0 aliphatic heterocycles. The molecule has 0 saturated heterocycles. The zero-order chi connectivity index (χ0) is 20.5. The van der Waals surface area contributed by atoms with Crippen molar-refractivity contribution in [3.05, 3.63) is 79.1 Å². The molecule has 0 atom stereocenters. The summed E-state index contributed by atoms with van der Waals surface area (Å²) in [5.74, 6) is 0. The molecular formula is C18H13F6N2PSe. The van der Waals surface area contributed by atoms with Crippen LogP contribution in [0.1, 0.15) is 0 Å². The van der Waals surface area contributed by atoms with Gasteiger partial charge in [0.2, 0.25) is 0 Å². The van der Waals surface area contributed by atoms with E-state index in [4.69, 9.17) is 4.98 Å². The first-order valence-electron chi connectivity index (χ1n) is 7.84. The van der Waals surface area contributed by atoms with Crippen molar-refractivity contribution < 1.29 is 29.7 Å². The minimum absolute atomic E-state index is 0.315. The average Bonchev–Trinajstić information content (AvgIpc) is 3.04. The monoisotopic (exact) mass is 482 g/mol. The number of hydrogen-bond donors (Lipinski definition) is 0. The number of rotatable bonds is 2. The fraction of sp³-hybridized carbons (Fsp3) is 0. The number of nitrogens with zero attached hydrogens (tertiary/aromatic N) is 2. The van der Waals surface area contributed by atoms with Crippen molar-refractivity contribution in [1.29, 1.82) is 0 Å². The second-order valence-corrected chi connectivity index (χ2v) is 9.85. The molecule has 2 aromatic carbocycles. The van der Waals surface area contributed by atoms with Crippen LogP contribution in [0.15, 0.2) is 79.1 Å². The van der Waals surface area contributed by atoms with Crippen LogP contribution in [0.2, 0.25) is 0 Å². The summed E-state index contributed by atoms with van der Waals surface area (Å²) < 4.78 is 63.9. The van der Waals surface area contributed by atoms with E-state index >= 15 is 0 Å². The van der Waals surface area contributed by atoms with Gasteiger partial charge < -0.3 is 0 Å². The van der Waals surface area contributed by atoms with Crippen molar-refractivity contribution in [3.8, 4) is 15.8 Å². The van der Waals surface area contributed by atoms with Crippen LogP contribution in [0.4, 0.5) is 25.2 Å². The summed E-state index contributed by atoms with van der Waals surface area (Å²) in [7, 11) is -10.7. The quantitative estimate of drug-likeness (QED) is 0.136. The van der Waals surface area contributed by atoms with Gasteiger partial charge in [0.05, 0.1) is 0 Å². The molecule has 2 nitrogen and oxygen atoms in total. The van der Waals surface area contributed by atoms with Gasteiger partial charge in [-0.1, -0.05) is 0 Å². The van der Waals surface area contributed by atoms with Crippen molar-refractivity contribution in [1.82, 2.24) is 4.98 Å². The van der Waals surface area contributed by atoms with Gasteiger partial charge in [-0.25, -0.2) is 0 Å². The van der Waals surface area contributed by atoms with Crippen molar-refractivity contribution in [2.45, 2.75) is 0 Å². The summed E-state index contributed by atoms with van der Waals surface area (Å²) in [5.41, 5.74) is 3.52. The van der Waals surface area contributed by atoms with E-state index in [1.807, 2.05) is 6.07 Å². The fourth-order valence-electron chi connectivity index (χ4n) is 2.34. The molecule has 0 N–H and O–H groups in total. The molecule has 0 bridgehead atoms. The molecule has 0 saturated carbocycles. The first-order valence-corrected chi connectivity index (χ1v) is 11.6. The molecule has 148 valence electrons. The van der Waals surface area contributed by atoms with Gasteiger partial charge in [0.1, 0.15) is 0 Å². The fourth-order valence-corrected chi connectivity index (χ4v) is 4.37. The molecule has 0 aliphatic carbocycles. The van der Waals surface area contributed by atoms with E-state index in [2.05, 4.69) is 77.6 Å². The van der Waals surface area contributed by atoms with Crippen LogP contribution in [0.5, 0.6) is 0 Å². The van der Waals surface area contributed by atoms with Gasteiger partial charge in [0, 0.05) is 0 Å². The van der Waals surface area contributed by atoms with Gasteiger partial charge in [-0.05, 0) is 0 Å². The van der Waals surface area contributed by atoms with Gasteiger partial charge in [-0.2, -0.15) is 0 Å². The Morgan fingerprint density at radius 1 is 0.714 bits per heavy atom. The normalized spacial score (nSPS) is 13.9. The summed E-state index contributed by atoms with van der Waals surface area (Å²) in [6.45, 7) is 0. The molecule has 4 aromatic rings. The number of halogens is 6. The minimum atomic E-state index is -10.7. The Bertz CT molecular complexity index is 1050. The number of hydrogen-bond acceptors (Lipinski definition) is 1. The summed E-state index contributed by atoms with van der Waals surface area (Å²) in [4.78, 5) is 4.76. The Kier molecular flexibility index (Phi) is 4.90. The molecule has 2 heterocycles. The van der Waals surface area contributed by atoms with Crippen molar-refractivity contribution in [2.24, 2.45) is 0 Å². The Balaban J connectivity index is 0.000000279. The van der Waals surface area contributed by atoms with Crippen LogP contribution < -0.4 is 4.57 Å². The summed E-state index contributed by atoms with van der Waals surface area (Å²) in [6, 6.07) is 23.1. The SMILES string of the molecule is F[P-](F)(F)(F)(F)F.c1ccc(-[n+]2ccc(-c3nc4ccccc4[se]3)cc2)cc1. The number of aromatic nitrogens is 2. The Hall–Kier alpha value is -2.21. The molecular weight excluding hydrogens is 468 g/mol. The zero-order valence-electron chi connectivity index (χ0n) is 14.0. The predicted octanol–water partition coefficient (Wildman–Crippen LogP) is 6.62. The van der Waals surface area contributed by atoms with Crippen LogP contribution in [0.25, 0.3) is 25.6 Å². The molecule has 10 heteroatoms. The van der Waals surface area contributed by atoms with E-state index in [0.717, 1.165) is 5.52 Å². The van der Waals surface area contributed by atoms with E-state index in [1.54, 1.807) is 0 Å². The van der Waals surface area contributed by atoms with Crippen LogP contribution in [0, 0.1) is 0 Å². The molecule has 0 aliphatic rings. The molecule has 0 unspecified atom stereocenters. The Morgan fingerprint density at radius 3 is 1.82 bits per heavy atom. The first kappa shape index (κ1) is 20.5. The number of para-hydroxylation sites is 2. The number of benzene rings is 2. The second-order valence-electron chi connectivity index (χ2n) is 5.77. The zero-order valence-corrected chi connectivity index (χ0v) is 16.6. The van der Waals surface area contributed by atoms with E-state index < -0.39 is 7.81 Å². The van der Waals surface area contributed by atoms with Crippen molar-refractivity contribution in [3.63, 3.8) is 0 Å². The van der Waals surface area contributed by atoms with Crippen LogP contribution in [0.3, 0.4) is 0 Å². The molecule has 0 spiro atoms. The maximum atomic E-state index is 9.87. The third-order valence-electron chi connectivity index (χ3n) is 3.42. The van der Waals surface area contributed by atoms with E-state index in [1.165, 1.54) is 20.1 Å². The van der Waals surface area contributed by atoms with Gasteiger partial charge >= 0.3 is 162 Å². The average molecular weight is 481 g/mol. The molecule has 28 heavy (non-hydrogen) atoms. The molecule has 4 rings (SSSR count). The molecule has 2 aromatic heterocycles. The van der Waals surface area contributed by atoms with Crippen LogP contribution in [-0.2, 0) is 0 Å². The van der Waals surface area contributed by atoms with E-state index in [9.17, 15) is 25.2 Å². The Labute approximate surface area is 162 Å². The van der Waals surface area contributed by atoms with Crippen molar-refractivity contribution in [2.75, 3.05) is 0 Å². The predicted molar refractivity (Wildman–Crippen MR) is 99.2 cm³/mol. The molecule has 0 fully saturated rings. The second kappa shape index (κ2) is 6.69. The standard InChI is InChI=1S/C18H13N2Se.F6P/c1-2-6-15(7-3-1)20-12-10-14(11-13-20)18-19-16-8-4-5-9-17(16)21-18;1-7(2,3,4,5)6/h1-13H;/q+1;-1. The van der Waals surface area contributed by atoms with Crippen molar-refractivity contribution >= 4 is 32.1 Å². The molecule has 0 amide bonds. The number of fused-ring (bicyclic) bond motifs is 1. The van der Waals surface area contributed by atoms with Crippen LogP contribution in [-0.4, -0.2) is 19.5 Å². The summed E-state index contributed by atoms with van der Waals surface area (Å²) in [6.07, 6.45) is 4.21. The molecule has 0 radical (unpaired) electrons. The number of pyridine rings is 1. The summed E-state index contributed by atoms with van der Waals surface area (Å²) in [5, 5.41) is 0.